The summed E-state index contributed by atoms with van der Waals surface area (Å²) in [7, 11) is 1.82. The fourth-order valence-electron chi connectivity index (χ4n) is 2.23. The van der Waals surface area contributed by atoms with Gasteiger partial charge in [0.15, 0.2) is 0 Å². The number of carbonyl (C=O) groups is 1. The first-order chi connectivity index (χ1) is 11.0. The van der Waals surface area contributed by atoms with E-state index >= 15 is 0 Å². The molecule has 0 aliphatic heterocycles. The van der Waals surface area contributed by atoms with Gasteiger partial charge in [-0.15, -0.1) is 0 Å². The van der Waals surface area contributed by atoms with E-state index < -0.39 is 5.97 Å². The minimum atomic E-state index is -0.808. The van der Waals surface area contributed by atoms with Gasteiger partial charge in [-0.3, -0.25) is 14.7 Å². The Kier molecular flexibility index (Phi) is 6.11. The van der Waals surface area contributed by atoms with Gasteiger partial charge >= 0.3 is 5.97 Å². The Morgan fingerprint density at radius 2 is 2.00 bits per heavy atom. The van der Waals surface area contributed by atoms with Gasteiger partial charge in [-0.1, -0.05) is 18.2 Å². The fraction of sp³-hybridized carbons (Fsp3) is 0.333. The van der Waals surface area contributed by atoms with Gasteiger partial charge in [-0.05, 0) is 50.2 Å². The quantitative estimate of drug-likeness (QED) is 0.811. The van der Waals surface area contributed by atoms with E-state index in [1.54, 1.807) is 6.20 Å². The van der Waals surface area contributed by atoms with Crippen molar-refractivity contribution in [3.8, 4) is 5.75 Å². The first kappa shape index (κ1) is 17.0. The number of ether oxygens (including phenoxy) is 1. The van der Waals surface area contributed by atoms with E-state index in [2.05, 4.69) is 4.98 Å². The van der Waals surface area contributed by atoms with Crippen molar-refractivity contribution in [2.24, 2.45) is 0 Å². The number of aromatic nitrogens is 1. The average Bonchev–Trinajstić information content (AvgIpc) is 2.54. The van der Waals surface area contributed by atoms with Crippen molar-refractivity contribution in [2.45, 2.75) is 26.0 Å². The van der Waals surface area contributed by atoms with Gasteiger partial charge in [0.25, 0.3) is 0 Å². The normalized spacial score (nSPS) is 12.1. The van der Waals surface area contributed by atoms with Crippen molar-refractivity contribution in [2.75, 3.05) is 13.6 Å². The maximum Gasteiger partial charge on any atom is 0.317 e. The van der Waals surface area contributed by atoms with Crippen LogP contribution in [-0.2, 0) is 17.8 Å². The molecule has 0 saturated carbocycles. The summed E-state index contributed by atoms with van der Waals surface area (Å²) >= 11 is 0. The van der Waals surface area contributed by atoms with Crippen molar-refractivity contribution in [1.29, 1.82) is 0 Å². The fourth-order valence-corrected chi connectivity index (χ4v) is 2.23. The second-order valence-corrected chi connectivity index (χ2v) is 5.62. The first-order valence-corrected chi connectivity index (χ1v) is 7.58. The molecule has 1 atom stereocenters. The average molecular weight is 314 g/mol. The molecule has 122 valence electrons. The van der Waals surface area contributed by atoms with E-state index in [1.165, 1.54) is 0 Å². The van der Waals surface area contributed by atoms with E-state index in [1.807, 2.05) is 61.3 Å². The summed E-state index contributed by atoms with van der Waals surface area (Å²) in [6.45, 7) is 2.51. The molecule has 5 heteroatoms. The summed E-state index contributed by atoms with van der Waals surface area (Å²) in [6, 6.07) is 13.8. The van der Waals surface area contributed by atoms with E-state index in [-0.39, 0.29) is 12.6 Å². The molecule has 1 N–H and O–H groups in total. The van der Waals surface area contributed by atoms with Crippen molar-refractivity contribution in [3.05, 3.63) is 59.9 Å². The number of likely N-dealkylation sites (N-methyl/N-ethyl adjacent to an activating group) is 1. The molecule has 1 aromatic carbocycles. The van der Waals surface area contributed by atoms with E-state index in [0.29, 0.717) is 6.61 Å². The highest BCUT2D eigenvalue weighted by Gasteiger charge is 2.12. The van der Waals surface area contributed by atoms with Gasteiger partial charge in [0, 0.05) is 12.2 Å². The molecule has 0 radical (unpaired) electrons. The molecule has 0 fully saturated rings. The van der Waals surface area contributed by atoms with Crippen LogP contribution in [0.5, 0.6) is 5.75 Å². The van der Waals surface area contributed by atoms with Crippen molar-refractivity contribution in [1.82, 2.24) is 9.88 Å². The highest BCUT2D eigenvalue weighted by atomic mass is 16.5. The molecule has 1 aromatic heterocycles. The molecule has 0 spiro atoms. The monoisotopic (exact) mass is 314 g/mol. The van der Waals surface area contributed by atoms with Crippen molar-refractivity contribution < 1.29 is 14.6 Å². The minimum Gasteiger partial charge on any atom is -0.487 e. The zero-order valence-corrected chi connectivity index (χ0v) is 13.5. The number of hydrogen-bond acceptors (Lipinski definition) is 4. The zero-order valence-electron chi connectivity index (χ0n) is 13.5. The predicted molar refractivity (Wildman–Crippen MR) is 88.4 cm³/mol. The Morgan fingerprint density at radius 1 is 1.26 bits per heavy atom. The molecule has 2 rings (SSSR count). The van der Waals surface area contributed by atoms with Crippen LogP contribution in [0, 0.1) is 0 Å². The van der Waals surface area contributed by atoms with Crippen molar-refractivity contribution in [3.63, 3.8) is 0 Å². The SMILES string of the molecule is CC(Cc1ccc(OCc2ccccn2)cc1)N(C)CC(=O)O. The molecule has 0 amide bonds. The highest BCUT2D eigenvalue weighted by molar-refractivity contribution is 5.69. The van der Waals surface area contributed by atoms with Crippen LogP contribution >= 0.6 is 0 Å². The third kappa shape index (κ3) is 5.71. The Morgan fingerprint density at radius 3 is 2.61 bits per heavy atom. The standard InChI is InChI=1S/C18H22N2O3/c1-14(20(2)12-18(21)22)11-15-6-8-17(9-7-15)23-13-16-5-3-4-10-19-16/h3-10,14H,11-13H2,1-2H3,(H,21,22). The van der Waals surface area contributed by atoms with Gasteiger partial charge in [0.05, 0.1) is 12.2 Å². The molecular weight excluding hydrogens is 292 g/mol. The molecule has 0 saturated heterocycles. The Labute approximate surface area is 136 Å². The second-order valence-electron chi connectivity index (χ2n) is 5.62. The lowest BCUT2D eigenvalue weighted by Gasteiger charge is -2.22. The molecule has 1 unspecified atom stereocenters. The lowest BCUT2D eigenvalue weighted by Crippen LogP contribution is -2.35. The largest absolute Gasteiger partial charge is 0.487 e. The summed E-state index contributed by atoms with van der Waals surface area (Å²) in [4.78, 5) is 16.8. The van der Waals surface area contributed by atoms with E-state index in [9.17, 15) is 4.79 Å². The first-order valence-electron chi connectivity index (χ1n) is 7.58. The number of rotatable bonds is 8. The van der Waals surface area contributed by atoms with Gasteiger partial charge in [-0.2, -0.15) is 0 Å². The summed E-state index contributed by atoms with van der Waals surface area (Å²) in [5, 5.41) is 8.82. The Hall–Kier alpha value is -2.40. The highest BCUT2D eigenvalue weighted by Crippen LogP contribution is 2.15. The predicted octanol–water partition coefficient (Wildman–Crippen LogP) is 2.61. The topological polar surface area (TPSA) is 62.7 Å². The van der Waals surface area contributed by atoms with Crippen LogP contribution in [0.15, 0.2) is 48.7 Å². The van der Waals surface area contributed by atoms with Crippen LogP contribution < -0.4 is 4.74 Å². The molecule has 2 aromatic rings. The van der Waals surface area contributed by atoms with Gasteiger partial charge in [0.1, 0.15) is 12.4 Å². The maximum absolute atomic E-state index is 10.7. The molecule has 1 heterocycles. The number of hydrogen-bond donors (Lipinski definition) is 1. The lowest BCUT2D eigenvalue weighted by molar-refractivity contribution is -0.138. The number of carboxylic acid groups (broad SMARTS) is 1. The lowest BCUT2D eigenvalue weighted by atomic mass is 10.1. The van der Waals surface area contributed by atoms with Gasteiger partial charge < -0.3 is 9.84 Å². The number of pyridine rings is 1. The van der Waals surface area contributed by atoms with Crippen LogP contribution in [0.2, 0.25) is 0 Å². The molecule has 0 aliphatic carbocycles. The van der Waals surface area contributed by atoms with Crippen LogP contribution in [0.25, 0.3) is 0 Å². The molecule has 0 aliphatic rings. The van der Waals surface area contributed by atoms with E-state index in [4.69, 9.17) is 9.84 Å². The number of benzene rings is 1. The third-order valence-electron chi connectivity index (χ3n) is 3.70. The summed E-state index contributed by atoms with van der Waals surface area (Å²) in [6.07, 6.45) is 2.54. The second kappa shape index (κ2) is 8.29. The molecule has 0 bridgehead atoms. The minimum absolute atomic E-state index is 0.0481. The van der Waals surface area contributed by atoms with Crippen LogP contribution in [0.1, 0.15) is 18.2 Å². The molecule has 5 nitrogen and oxygen atoms in total. The molecule has 23 heavy (non-hydrogen) atoms. The Bertz CT molecular complexity index is 614. The summed E-state index contributed by atoms with van der Waals surface area (Å²) in [5.74, 6) is -0.0106. The molecular formula is C18H22N2O3. The van der Waals surface area contributed by atoms with Gasteiger partial charge in [0.2, 0.25) is 0 Å². The summed E-state index contributed by atoms with van der Waals surface area (Å²) in [5.41, 5.74) is 2.04. The van der Waals surface area contributed by atoms with Crippen LogP contribution in [-0.4, -0.2) is 40.6 Å². The number of aliphatic carboxylic acids is 1. The smallest absolute Gasteiger partial charge is 0.317 e. The van der Waals surface area contributed by atoms with Crippen LogP contribution in [0.3, 0.4) is 0 Å². The summed E-state index contributed by atoms with van der Waals surface area (Å²) < 4.78 is 5.70. The van der Waals surface area contributed by atoms with Crippen molar-refractivity contribution >= 4 is 5.97 Å². The third-order valence-corrected chi connectivity index (χ3v) is 3.70. The number of carboxylic acids is 1. The zero-order chi connectivity index (χ0) is 16.7. The van der Waals surface area contributed by atoms with E-state index in [0.717, 1.165) is 23.4 Å². The Balaban J connectivity index is 1.85. The number of nitrogens with zero attached hydrogens (tertiary/aromatic N) is 2. The van der Waals surface area contributed by atoms with Crippen LogP contribution in [0.4, 0.5) is 0 Å². The maximum atomic E-state index is 10.7. The van der Waals surface area contributed by atoms with Gasteiger partial charge in [-0.25, -0.2) is 0 Å².